The second-order valence-corrected chi connectivity index (χ2v) is 5.16. The zero-order valence-electron chi connectivity index (χ0n) is 12.0. The fourth-order valence-corrected chi connectivity index (χ4v) is 2.41. The molecule has 1 fully saturated rings. The van der Waals surface area contributed by atoms with Crippen LogP contribution in [0, 0.1) is 12.8 Å². The fraction of sp³-hybridized carbons (Fsp3) is 0.786. The predicted octanol–water partition coefficient (Wildman–Crippen LogP) is 1.35. The predicted molar refractivity (Wildman–Crippen MR) is 74.1 cm³/mol. The maximum Gasteiger partial charge on any atom is 0.0587 e. The average Bonchev–Trinajstić information content (AvgIpc) is 2.78. The number of methoxy groups -OCH3 is 1. The summed E-state index contributed by atoms with van der Waals surface area (Å²) in [6.45, 7) is 7.46. The molecule has 19 heavy (non-hydrogen) atoms. The monoisotopic (exact) mass is 267 g/mol. The largest absolute Gasteiger partial charge is 0.383 e. The van der Waals surface area contributed by atoms with E-state index in [0.29, 0.717) is 5.92 Å². The Kier molecular flexibility index (Phi) is 5.82. The number of aromatic nitrogens is 2. The van der Waals surface area contributed by atoms with Gasteiger partial charge in [-0.15, -0.1) is 0 Å². The second-order valence-electron chi connectivity index (χ2n) is 5.16. The van der Waals surface area contributed by atoms with Gasteiger partial charge in [0.1, 0.15) is 0 Å². The van der Waals surface area contributed by atoms with Crippen molar-refractivity contribution < 1.29 is 9.47 Å². The van der Waals surface area contributed by atoms with Crippen molar-refractivity contribution in [3.8, 4) is 0 Å². The molecule has 5 nitrogen and oxygen atoms in total. The molecule has 1 aliphatic rings. The molecule has 0 bridgehead atoms. The highest BCUT2D eigenvalue weighted by atomic mass is 16.5. The first-order valence-electron chi connectivity index (χ1n) is 7.10. The Labute approximate surface area is 115 Å². The van der Waals surface area contributed by atoms with E-state index in [-0.39, 0.29) is 0 Å². The molecule has 5 heteroatoms. The second kappa shape index (κ2) is 7.62. The highest BCUT2D eigenvalue weighted by Gasteiger charge is 2.16. The standard InChI is InChI=1S/C14H25N3O2/c1-12-14(9-15-5-8-18-2)10-16-17(12)11-13-3-6-19-7-4-13/h10,13,15H,3-9,11H2,1-2H3. The topological polar surface area (TPSA) is 48.3 Å². The number of rotatable bonds is 7. The number of nitrogens with zero attached hydrogens (tertiary/aromatic N) is 2. The molecule has 1 N–H and O–H groups in total. The van der Waals surface area contributed by atoms with Gasteiger partial charge in [0.15, 0.2) is 0 Å². The van der Waals surface area contributed by atoms with Crippen molar-refractivity contribution in [3.05, 3.63) is 17.5 Å². The van der Waals surface area contributed by atoms with E-state index in [1.54, 1.807) is 7.11 Å². The Balaban J connectivity index is 1.82. The van der Waals surface area contributed by atoms with E-state index in [2.05, 4.69) is 22.0 Å². The molecule has 1 aromatic rings. The minimum absolute atomic E-state index is 0.710. The first-order valence-corrected chi connectivity index (χ1v) is 7.10. The molecule has 0 radical (unpaired) electrons. The molecule has 0 amide bonds. The zero-order chi connectivity index (χ0) is 13.5. The third kappa shape index (κ3) is 4.30. The summed E-state index contributed by atoms with van der Waals surface area (Å²) in [5.74, 6) is 0.710. The van der Waals surface area contributed by atoms with Gasteiger partial charge in [-0.25, -0.2) is 0 Å². The van der Waals surface area contributed by atoms with E-state index < -0.39 is 0 Å². The molecule has 2 rings (SSSR count). The van der Waals surface area contributed by atoms with E-state index in [4.69, 9.17) is 9.47 Å². The molecule has 0 aromatic carbocycles. The number of hydrogen-bond acceptors (Lipinski definition) is 4. The highest BCUT2D eigenvalue weighted by molar-refractivity contribution is 5.15. The van der Waals surface area contributed by atoms with Crippen molar-refractivity contribution in [1.82, 2.24) is 15.1 Å². The van der Waals surface area contributed by atoms with Crippen molar-refractivity contribution in [2.24, 2.45) is 5.92 Å². The van der Waals surface area contributed by atoms with Gasteiger partial charge in [0, 0.05) is 51.2 Å². The Bertz CT molecular complexity index is 373. The van der Waals surface area contributed by atoms with Gasteiger partial charge in [0.05, 0.1) is 12.8 Å². The van der Waals surface area contributed by atoms with E-state index in [0.717, 1.165) is 52.3 Å². The molecular weight excluding hydrogens is 242 g/mol. The van der Waals surface area contributed by atoms with Crippen LogP contribution in [0.3, 0.4) is 0 Å². The summed E-state index contributed by atoms with van der Waals surface area (Å²) in [4.78, 5) is 0. The molecule has 1 aliphatic heterocycles. The van der Waals surface area contributed by atoms with Crippen LogP contribution in [0.2, 0.25) is 0 Å². The Hall–Kier alpha value is -0.910. The normalized spacial score (nSPS) is 16.9. The van der Waals surface area contributed by atoms with Crippen LogP contribution in [0.15, 0.2) is 6.20 Å². The van der Waals surface area contributed by atoms with Crippen LogP contribution >= 0.6 is 0 Å². The molecule has 0 aliphatic carbocycles. The van der Waals surface area contributed by atoms with Gasteiger partial charge in [0.25, 0.3) is 0 Å². The van der Waals surface area contributed by atoms with Crippen LogP contribution in [0.5, 0.6) is 0 Å². The van der Waals surface area contributed by atoms with Gasteiger partial charge in [-0.05, 0) is 25.7 Å². The molecule has 0 atom stereocenters. The highest BCUT2D eigenvalue weighted by Crippen LogP contribution is 2.18. The van der Waals surface area contributed by atoms with Crippen molar-refractivity contribution in [3.63, 3.8) is 0 Å². The maximum absolute atomic E-state index is 5.40. The summed E-state index contributed by atoms with van der Waals surface area (Å²) in [6, 6.07) is 0. The smallest absolute Gasteiger partial charge is 0.0587 e. The minimum atomic E-state index is 0.710. The van der Waals surface area contributed by atoms with Crippen molar-refractivity contribution in [2.45, 2.75) is 32.9 Å². The molecule has 0 unspecified atom stereocenters. The van der Waals surface area contributed by atoms with E-state index in [1.807, 2.05) is 6.20 Å². The number of hydrogen-bond donors (Lipinski definition) is 1. The summed E-state index contributed by atoms with van der Waals surface area (Å²) in [5, 5.41) is 7.88. The van der Waals surface area contributed by atoms with Crippen LogP contribution in [-0.4, -0.2) is 43.3 Å². The summed E-state index contributed by atoms with van der Waals surface area (Å²) in [5.41, 5.74) is 2.56. The van der Waals surface area contributed by atoms with Gasteiger partial charge < -0.3 is 14.8 Å². The molecule has 1 saturated heterocycles. The van der Waals surface area contributed by atoms with Gasteiger partial charge >= 0.3 is 0 Å². The maximum atomic E-state index is 5.40. The van der Waals surface area contributed by atoms with Gasteiger partial charge in [-0.2, -0.15) is 5.10 Å². The Morgan fingerprint density at radius 2 is 2.26 bits per heavy atom. The van der Waals surface area contributed by atoms with Crippen LogP contribution in [0.4, 0.5) is 0 Å². The SMILES string of the molecule is COCCNCc1cnn(CC2CCOCC2)c1C. The minimum Gasteiger partial charge on any atom is -0.383 e. The van der Waals surface area contributed by atoms with Crippen LogP contribution < -0.4 is 5.32 Å². The Morgan fingerprint density at radius 1 is 1.47 bits per heavy atom. The molecule has 0 spiro atoms. The van der Waals surface area contributed by atoms with Gasteiger partial charge in [-0.3, -0.25) is 4.68 Å². The summed E-state index contributed by atoms with van der Waals surface area (Å²) in [6.07, 6.45) is 4.29. The quantitative estimate of drug-likeness (QED) is 0.758. The summed E-state index contributed by atoms with van der Waals surface area (Å²) >= 11 is 0. The molecule has 2 heterocycles. The lowest BCUT2D eigenvalue weighted by Crippen LogP contribution is -2.22. The molecular formula is C14H25N3O2. The molecule has 0 saturated carbocycles. The summed E-state index contributed by atoms with van der Waals surface area (Å²) in [7, 11) is 1.72. The van der Waals surface area contributed by atoms with E-state index in [1.165, 1.54) is 11.3 Å². The zero-order valence-corrected chi connectivity index (χ0v) is 12.0. The summed E-state index contributed by atoms with van der Waals surface area (Å²) < 4.78 is 12.6. The van der Waals surface area contributed by atoms with Gasteiger partial charge in [-0.1, -0.05) is 0 Å². The van der Waals surface area contributed by atoms with Crippen LogP contribution in [0.25, 0.3) is 0 Å². The van der Waals surface area contributed by atoms with Crippen molar-refractivity contribution in [1.29, 1.82) is 0 Å². The first kappa shape index (κ1) is 14.5. The fourth-order valence-electron chi connectivity index (χ4n) is 2.41. The molecule has 1 aromatic heterocycles. The van der Waals surface area contributed by atoms with E-state index in [9.17, 15) is 0 Å². The number of nitrogens with one attached hydrogen (secondary N) is 1. The Morgan fingerprint density at radius 3 is 3.00 bits per heavy atom. The lowest BCUT2D eigenvalue weighted by atomic mass is 10.0. The number of ether oxygens (including phenoxy) is 2. The average molecular weight is 267 g/mol. The third-order valence-corrected chi connectivity index (χ3v) is 3.78. The van der Waals surface area contributed by atoms with Crippen molar-refractivity contribution >= 4 is 0 Å². The van der Waals surface area contributed by atoms with Crippen molar-refractivity contribution in [2.75, 3.05) is 33.5 Å². The van der Waals surface area contributed by atoms with Crippen LogP contribution in [0.1, 0.15) is 24.1 Å². The first-order chi connectivity index (χ1) is 9.31. The van der Waals surface area contributed by atoms with Crippen LogP contribution in [-0.2, 0) is 22.6 Å². The lowest BCUT2D eigenvalue weighted by Gasteiger charge is -2.22. The third-order valence-electron chi connectivity index (χ3n) is 3.78. The molecule has 108 valence electrons. The lowest BCUT2D eigenvalue weighted by molar-refractivity contribution is 0.0599. The van der Waals surface area contributed by atoms with E-state index >= 15 is 0 Å². The van der Waals surface area contributed by atoms with Gasteiger partial charge in [0.2, 0.25) is 0 Å².